The highest BCUT2D eigenvalue weighted by atomic mass is 19.4. The summed E-state index contributed by atoms with van der Waals surface area (Å²) < 4.78 is 39.0. The number of aromatic nitrogens is 2. The molecule has 3 heterocycles. The van der Waals surface area contributed by atoms with Gasteiger partial charge in [-0.1, -0.05) is 6.07 Å². The topological polar surface area (TPSA) is 87.2 Å². The number of alkyl halides is 3. The highest BCUT2D eigenvalue weighted by Crippen LogP contribution is 2.35. The number of benzene rings is 1. The van der Waals surface area contributed by atoms with E-state index in [0.29, 0.717) is 11.5 Å². The normalized spacial score (nSPS) is 17.5. The third kappa shape index (κ3) is 5.73. The van der Waals surface area contributed by atoms with Crippen LogP contribution in [0.25, 0.3) is 22.3 Å². The number of hydrogen-bond acceptors (Lipinski definition) is 4. The summed E-state index contributed by atoms with van der Waals surface area (Å²) in [6.07, 6.45) is 2.48. The number of nitrogens with zero attached hydrogens (tertiary/aromatic N) is 3. The number of carbonyl (C=O) groups excluding carboxylic acids is 2. The Bertz CT molecular complexity index is 1340. The molecule has 3 amide bonds. The highest BCUT2D eigenvalue weighted by Gasteiger charge is 2.44. The van der Waals surface area contributed by atoms with Gasteiger partial charge in [0.1, 0.15) is 5.82 Å². The average molecular weight is 510 g/mol. The van der Waals surface area contributed by atoms with Crippen molar-refractivity contribution in [3.63, 3.8) is 0 Å². The zero-order valence-electron chi connectivity index (χ0n) is 20.2. The molecule has 0 spiro atoms. The average Bonchev–Trinajstić information content (AvgIpc) is 3.60. The highest BCUT2D eigenvalue weighted by molar-refractivity contribution is 5.94. The summed E-state index contributed by atoms with van der Waals surface area (Å²) in [6, 6.07) is 10.4. The van der Waals surface area contributed by atoms with Crippen LogP contribution in [0.1, 0.15) is 24.8 Å². The summed E-state index contributed by atoms with van der Waals surface area (Å²) in [7, 11) is 0. The van der Waals surface area contributed by atoms with Crippen molar-refractivity contribution in [1.82, 2.24) is 14.9 Å². The number of nitrogens with one attached hydrogen (secondary N) is 2. The van der Waals surface area contributed by atoms with Crippen molar-refractivity contribution in [2.75, 3.05) is 23.7 Å². The third-order valence-electron chi connectivity index (χ3n) is 6.77. The summed E-state index contributed by atoms with van der Waals surface area (Å²) in [6.45, 7) is 1.66. The number of halogens is 3. The molecule has 192 valence electrons. The van der Waals surface area contributed by atoms with Gasteiger partial charge >= 0.3 is 12.2 Å². The summed E-state index contributed by atoms with van der Waals surface area (Å²) in [5.74, 6) is -0.955. The molecule has 3 aromatic rings. The number of amides is 3. The first-order valence-corrected chi connectivity index (χ1v) is 12.1. The molecule has 2 aliphatic rings. The van der Waals surface area contributed by atoms with Crippen LogP contribution in [0.15, 0.2) is 55.0 Å². The molecule has 2 aromatic heterocycles. The summed E-state index contributed by atoms with van der Waals surface area (Å²) in [5.41, 5.74) is 4.74. The smallest absolute Gasteiger partial charge is 0.324 e. The zero-order valence-corrected chi connectivity index (χ0v) is 20.2. The lowest BCUT2D eigenvalue weighted by atomic mass is 9.98. The van der Waals surface area contributed by atoms with Crippen molar-refractivity contribution in [3.05, 3.63) is 60.6 Å². The van der Waals surface area contributed by atoms with Crippen LogP contribution in [0.5, 0.6) is 0 Å². The first-order valence-electron chi connectivity index (χ1n) is 12.1. The molecular weight excluding hydrogens is 483 g/mol. The fourth-order valence-electron chi connectivity index (χ4n) is 4.42. The third-order valence-corrected chi connectivity index (χ3v) is 6.77. The molecule has 5 rings (SSSR count). The molecule has 2 fully saturated rings. The van der Waals surface area contributed by atoms with Gasteiger partial charge in [-0.25, -0.2) is 9.78 Å². The summed E-state index contributed by atoms with van der Waals surface area (Å²) in [4.78, 5) is 34.5. The molecule has 1 aliphatic carbocycles. The number of aryl methyl sites for hydroxylation is 1. The van der Waals surface area contributed by atoms with Crippen molar-refractivity contribution < 1.29 is 22.8 Å². The van der Waals surface area contributed by atoms with E-state index >= 15 is 0 Å². The lowest BCUT2D eigenvalue weighted by Gasteiger charge is -2.19. The maximum absolute atomic E-state index is 13.0. The minimum Gasteiger partial charge on any atom is -0.324 e. The second-order valence-electron chi connectivity index (χ2n) is 9.59. The van der Waals surface area contributed by atoms with Crippen LogP contribution in [-0.2, 0) is 4.79 Å². The standard InChI is InChI=1S/C27H26F3N5O2/c1-16-2-5-22(33-26(37)35-9-7-21(15-35)27(28,29)30)12-23(16)20-10-19(13-31-14-20)18-6-8-32-24(11-18)34-25(36)17-3-4-17/h2,5-6,8,10-14,17,21H,3-4,7,9,15H2,1H3,(H,33,37)(H,32,34,36). The van der Waals surface area contributed by atoms with Gasteiger partial charge in [0.15, 0.2) is 0 Å². The SMILES string of the molecule is Cc1ccc(NC(=O)N2CCC(C(F)(F)F)C2)cc1-c1cncc(-c2ccnc(NC(=O)C3CC3)c2)c1. The molecule has 1 atom stereocenters. The molecule has 37 heavy (non-hydrogen) atoms. The van der Waals surface area contributed by atoms with Gasteiger partial charge in [-0.3, -0.25) is 9.78 Å². The molecule has 0 bridgehead atoms. The van der Waals surface area contributed by atoms with Crippen LogP contribution in [0.2, 0.25) is 0 Å². The van der Waals surface area contributed by atoms with Gasteiger partial charge in [0.05, 0.1) is 5.92 Å². The molecule has 1 saturated heterocycles. The van der Waals surface area contributed by atoms with Crippen molar-refractivity contribution in [2.24, 2.45) is 11.8 Å². The quantitative estimate of drug-likeness (QED) is 0.450. The molecule has 0 radical (unpaired) electrons. The maximum Gasteiger partial charge on any atom is 0.393 e. The van der Waals surface area contributed by atoms with Gasteiger partial charge in [0.25, 0.3) is 0 Å². The van der Waals surface area contributed by atoms with Crippen LogP contribution in [0, 0.1) is 18.8 Å². The largest absolute Gasteiger partial charge is 0.393 e. The van der Waals surface area contributed by atoms with Gasteiger partial charge in [-0.2, -0.15) is 13.2 Å². The number of urea groups is 1. The lowest BCUT2D eigenvalue weighted by molar-refractivity contribution is -0.169. The molecule has 1 unspecified atom stereocenters. The summed E-state index contributed by atoms with van der Waals surface area (Å²) in [5, 5.41) is 5.58. The predicted molar refractivity (Wildman–Crippen MR) is 134 cm³/mol. The van der Waals surface area contributed by atoms with Gasteiger partial charge in [-0.15, -0.1) is 0 Å². The van der Waals surface area contributed by atoms with Crippen LogP contribution in [0.4, 0.5) is 29.5 Å². The van der Waals surface area contributed by atoms with E-state index in [2.05, 4.69) is 20.6 Å². The minimum absolute atomic E-state index is 0.0196. The Kier molecular flexibility index (Phi) is 6.57. The fourth-order valence-corrected chi connectivity index (χ4v) is 4.42. The first-order chi connectivity index (χ1) is 17.7. The minimum atomic E-state index is -4.30. The van der Waals surface area contributed by atoms with E-state index in [9.17, 15) is 22.8 Å². The second kappa shape index (κ2) is 9.84. The Morgan fingerprint density at radius 3 is 2.49 bits per heavy atom. The van der Waals surface area contributed by atoms with Gasteiger partial charge in [0.2, 0.25) is 5.91 Å². The first kappa shape index (κ1) is 24.7. The number of carbonyl (C=O) groups is 2. The van der Waals surface area contributed by atoms with Crippen LogP contribution >= 0.6 is 0 Å². The Labute approximate surface area is 212 Å². The molecule has 2 N–H and O–H groups in total. The van der Waals surface area contributed by atoms with Crippen LogP contribution in [0.3, 0.4) is 0 Å². The number of rotatable bonds is 5. The fraction of sp³-hybridized carbons (Fsp3) is 0.333. The predicted octanol–water partition coefficient (Wildman–Crippen LogP) is 5.88. The van der Waals surface area contributed by atoms with E-state index in [4.69, 9.17) is 0 Å². The van der Waals surface area contributed by atoms with Crippen LogP contribution in [-0.4, -0.2) is 46.1 Å². The van der Waals surface area contributed by atoms with Crippen molar-refractivity contribution in [1.29, 1.82) is 0 Å². The van der Waals surface area contributed by atoms with E-state index in [0.717, 1.165) is 40.7 Å². The molecule has 1 saturated carbocycles. The van der Waals surface area contributed by atoms with Crippen molar-refractivity contribution in [2.45, 2.75) is 32.4 Å². The molecule has 1 aliphatic heterocycles. The Morgan fingerprint density at radius 2 is 1.76 bits per heavy atom. The maximum atomic E-state index is 13.0. The lowest BCUT2D eigenvalue weighted by Crippen LogP contribution is -2.35. The van der Waals surface area contributed by atoms with E-state index in [-0.39, 0.29) is 31.3 Å². The van der Waals surface area contributed by atoms with E-state index in [1.807, 2.05) is 25.1 Å². The van der Waals surface area contributed by atoms with Gasteiger partial charge in [0, 0.05) is 54.4 Å². The Hall–Kier alpha value is -3.95. The Morgan fingerprint density at radius 1 is 0.973 bits per heavy atom. The molecular formula is C27H26F3N5O2. The van der Waals surface area contributed by atoms with Crippen molar-refractivity contribution in [3.8, 4) is 22.3 Å². The van der Waals surface area contributed by atoms with E-state index < -0.39 is 18.1 Å². The molecule has 1 aromatic carbocycles. The Balaban J connectivity index is 1.33. The van der Waals surface area contributed by atoms with Crippen molar-refractivity contribution >= 4 is 23.4 Å². The zero-order chi connectivity index (χ0) is 26.2. The number of pyridine rings is 2. The molecule has 10 heteroatoms. The molecule has 7 nitrogen and oxygen atoms in total. The van der Waals surface area contributed by atoms with E-state index in [1.165, 1.54) is 4.90 Å². The van der Waals surface area contributed by atoms with Gasteiger partial charge < -0.3 is 15.5 Å². The van der Waals surface area contributed by atoms with Gasteiger partial charge in [-0.05, 0) is 73.2 Å². The number of likely N-dealkylation sites (tertiary alicyclic amines) is 1. The summed E-state index contributed by atoms with van der Waals surface area (Å²) >= 11 is 0. The number of anilines is 2. The van der Waals surface area contributed by atoms with Crippen LogP contribution < -0.4 is 10.6 Å². The second-order valence-corrected chi connectivity index (χ2v) is 9.59. The monoisotopic (exact) mass is 509 g/mol. The number of hydrogen-bond donors (Lipinski definition) is 2. The van der Waals surface area contributed by atoms with E-state index in [1.54, 1.807) is 36.8 Å².